The Hall–Kier alpha value is -3.35. The highest BCUT2D eigenvalue weighted by Crippen LogP contribution is 2.43. The van der Waals surface area contributed by atoms with Crippen molar-refractivity contribution < 1.29 is 29.3 Å². The van der Waals surface area contributed by atoms with Crippen LogP contribution in [0.4, 0.5) is 0 Å². The number of hydrogen-bond donors (Lipinski definition) is 2. The predicted molar refractivity (Wildman–Crippen MR) is 116 cm³/mol. The molecule has 168 valence electrons. The zero-order valence-corrected chi connectivity index (χ0v) is 17.7. The van der Waals surface area contributed by atoms with Crippen LogP contribution < -0.4 is 4.74 Å². The second kappa shape index (κ2) is 9.42. The van der Waals surface area contributed by atoms with E-state index in [2.05, 4.69) is 0 Å². The van der Waals surface area contributed by atoms with Gasteiger partial charge in [0.15, 0.2) is 0 Å². The molecule has 0 aliphatic heterocycles. The summed E-state index contributed by atoms with van der Waals surface area (Å²) in [6, 6.07) is 17.0. The van der Waals surface area contributed by atoms with E-state index in [1.54, 1.807) is 4.90 Å². The molecular formula is C25H27NO6. The van der Waals surface area contributed by atoms with E-state index >= 15 is 0 Å². The molecule has 2 fully saturated rings. The highest BCUT2D eigenvalue weighted by molar-refractivity contribution is 5.91. The normalized spacial score (nSPS) is 22.7. The Kier molecular flexibility index (Phi) is 6.44. The molecule has 0 heterocycles. The van der Waals surface area contributed by atoms with Crippen LogP contribution in [0.1, 0.15) is 37.7 Å². The molecule has 1 amide bonds. The van der Waals surface area contributed by atoms with Crippen LogP contribution in [0.15, 0.2) is 54.6 Å². The number of benzene rings is 2. The first-order chi connectivity index (χ1) is 15.4. The van der Waals surface area contributed by atoms with Crippen LogP contribution in [-0.4, -0.2) is 39.0 Å². The minimum absolute atomic E-state index is 0.0565. The molecule has 0 spiro atoms. The number of aliphatic carboxylic acids is 2. The van der Waals surface area contributed by atoms with Crippen LogP contribution in [-0.2, 0) is 20.9 Å². The van der Waals surface area contributed by atoms with E-state index in [9.17, 15) is 24.6 Å². The van der Waals surface area contributed by atoms with Gasteiger partial charge in [0.2, 0.25) is 5.91 Å². The molecule has 3 unspecified atom stereocenters. The van der Waals surface area contributed by atoms with Crippen LogP contribution in [0, 0.1) is 17.8 Å². The molecule has 2 aromatic rings. The van der Waals surface area contributed by atoms with Gasteiger partial charge in [-0.1, -0.05) is 43.2 Å². The maximum atomic E-state index is 13.4. The largest absolute Gasteiger partial charge is 0.481 e. The summed E-state index contributed by atoms with van der Waals surface area (Å²) in [5, 5.41) is 18.8. The van der Waals surface area contributed by atoms with Gasteiger partial charge in [-0.15, -0.1) is 0 Å². The summed E-state index contributed by atoms with van der Waals surface area (Å²) in [5.41, 5.74) is 0.923. The fourth-order valence-corrected chi connectivity index (χ4v) is 4.80. The van der Waals surface area contributed by atoms with E-state index in [0.717, 1.165) is 37.0 Å². The quantitative estimate of drug-likeness (QED) is 0.642. The van der Waals surface area contributed by atoms with Crippen LogP contribution in [0.3, 0.4) is 0 Å². The van der Waals surface area contributed by atoms with Crippen molar-refractivity contribution in [1.82, 2.24) is 4.90 Å². The molecule has 3 atom stereocenters. The van der Waals surface area contributed by atoms with E-state index in [1.165, 1.54) is 0 Å². The lowest BCUT2D eigenvalue weighted by Gasteiger charge is -2.42. The van der Waals surface area contributed by atoms with Gasteiger partial charge in [-0.25, -0.2) is 0 Å². The van der Waals surface area contributed by atoms with Gasteiger partial charge >= 0.3 is 11.9 Å². The third-order valence-corrected chi connectivity index (χ3v) is 6.60. The van der Waals surface area contributed by atoms with Crippen molar-refractivity contribution in [3.8, 4) is 11.5 Å². The minimum atomic E-state index is -1.21. The second-order valence-corrected chi connectivity index (χ2v) is 8.61. The fraction of sp³-hybridized carbons (Fsp3) is 0.400. The van der Waals surface area contributed by atoms with Crippen molar-refractivity contribution in [2.24, 2.45) is 17.8 Å². The van der Waals surface area contributed by atoms with E-state index < -0.39 is 29.7 Å². The first-order valence-electron chi connectivity index (χ1n) is 11.0. The number of hydrogen-bond acceptors (Lipinski definition) is 4. The van der Waals surface area contributed by atoms with E-state index in [4.69, 9.17) is 4.74 Å². The monoisotopic (exact) mass is 437 g/mol. The molecule has 2 aliphatic rings. The number of ether oxygens (including phenoxy) is 1. The summed E-state index contributed by atoms with van der Waals surface area (Å²) in [7, 11) is 0. The van der Waals surface area contributed by atoms with Gasteiger partial charge in [-0.3, -0.25) is 14.4 Å². The third-order valence-electron chi connectivity index (χ3n) is 6.60. The van der Waals surface area contributed by atoms with Crippen molar-refractivity contribution in [3.63, 3.8) is 0 Å². The second-order valence-electron chi connectivity index (χ2n) is 8.61. The molecule has 2 aromatic carbocycles. The molecule has 32 heavy (non-hydrogen) atoms. The Morgan fingerprint density at radius 1 is 0.844 bits per heavy atom. The van der Waals surface area contributed by atoms with Crippen molar-refractivity contribution >= 4 is 17.8 Å². The molecule has 0 radical (unpaired) electrons. The summed E-state index contributed by atoms with van der Waals surface area (Å²) in [5.74, 6) is -4.12. The molecule has 7 nitrogen and oxygen atoms in total. The van der Waals surface area contributed by atoms with Crippen LogP contribution in [0.25, 0.3) is 0 Å². The maximum absolute atomic E-state index is 13.4. The van der Waals surface area contributed by atoms with Gasteiger partial charge in [0.1, 0.15) is 11.5 Å². The molecule has 2 N–H and O–H groups in total. The van der Waals surface area contributed by atoms with Gasteiger partial charge < -0.3 is 19.8 Å². The minimum Gasteiger partial charge on any atom is -0.481 e. The van der Waals surface area contributed by atoms with Gasteiger partial charge in [-0.05, 0) is 49.1 Å². The summed E-state index contributed by atoms with van der Waals surface area (Å²) < 4.78 is 5.82. The average Bonchev–Trinajstić information content (AvgIpc) is 3.27. The number of carbonyl (C=O) groups excluding carboxylic acids is 1. The SMILES string of the molecule is O=C(O)C1CC(C(=O)N(Cc2ccc(Oc3ccccc3)cc2)C2CCCC2)C1C(=O)O. The van der Waals surface area contributed by atoms with Crippen molar-refractivity contribution in [2.75, 3.05) is 0 Å². The first kappa shape index (κ1) is 21.9. The van der Waals surface area contributed by atoms with E-state index in [0.29, 0.717) is 12.3 Å². The summed E-state index contributed by atoms with van der Waals surface area (Å²) in [6.07, 6.45) is 3.91. The lowest BCUT2D eigenvalue weighted by Crippen LogP contribution is -2.54. The van der Waals surface area contributed by atoms with Gasteiger partial charge in [-0.2, -0.15) is 0 Å². The smallest absolute Gasteiger partial charge is 0.308 e. The van der Waals surface area contributed by atoms with Crippen LogP contribution in [0.5, 0.6) is 11.5 Å². The van der Waals surface area contributed by atoms with Crippen molar-refractivity contribution in [2.45, 2.75) is 44.7 Å². The van der Waals surface area contributed by atoms with Crippen LogP contribution >= 0.6 is 0 Å². The maximum Gasteiger partial charge on any atom is 0.308 e. The van der Waals surface area contributed by atoms with Gasteiger partial charge in [0.05, 0.1) is 17.8 Å². The number of carboxylic acids is 2. The predicted octanol–water partition coefficient (Wildman–Crippen LogP) is 4.17. The summed E-state index contributed by atoms with van der Waals surface area (Å²) in [6.45, 7) is 0.371. The highest BCUT2D eigenvalue weighted by atomic mass is 16.5. The number of carboxylic acid groups (broad SMARTS) is 2. The average molecular weight is 437 g/mol. The van der Waals surface area contributed by atoms with Crippen molar-refractivity contribution in [3.05, 3.63) is 60.2 Å². The Balaban J connectivity index is 1.48. The van der Waals surface area contributed by atoms with Gasteiger partial charge in [0, 0.05) is 12.6 Å². The van der Waals surface area contributed by atoms with E-state index in [-0.39, 0.29) is 18.4 Å². The van der Waals surface area contributed by atoms with Crippen molar-refractivity contribution in [1.29, 1.82) is 0 Å². The lowest BCUT2D eigenvalue weighted by molar-refractivity contribution is -0.172. The molecule has 2 saturated carbocycles. The van der Waals surface area contributed by atoms with E-state index in [1.807, 2.05) is 54.6 Å². The molecular weight excluding hydrogens is 410 g/mol. The topological polar surface area (TPSA) is 104 Å². The number of carbonyl (C=O) groups is 3. The van der Waals surface area contributed by atoms with Crippen LogP contribution in [0.2, 0.25) is 0 Å². The molecule has 0 bridgehead atoms. The fourth-order valence-electron chi connectivity index (χ4n) is 4.80. The number of amides is 1. The molecule has 7 heteroatoms. The number of rotatable bonds is 8. The third kappa shape index (κ3) is 4.61. The molecule has 0 aromatic heterocycles. The Morgan fingerprint density at radius 2 is 1.47 bits per heavy atom. The number of para-hydroxylation sites is 1. The number of nitrogens with zero attached hydrogens (tertiary/aromatic N) is 1. The Labute approximate surface area is 186 Å². The highest BCUT2D eigenvalue weighted by Gasteiger charge is 2.54. The summed E-state index contributed by atoms with van der Waals surface area (Å²) in [4.78, 5) is 38.1. The first-order valence-corrected chi connectivity index (χ1v) is 11.0. The molecule has 4 rings (SSSR count). The van der Waals surface area contributed by atoms with Gasteiger partial charge in [0.25, 0.3) is 0 Å². The lowest BCUT2D eigenvalue weighted by atomic mass is 9.64. The molecule has 0 saturated heterocycles. The Morgan fingerprint density at radius 3 is 2.06 bits per heavy atom. The Bertz CT molecular complexity index is 968. The standard InChI is InChI=1S/C25H27NO6/c27-23(20-14-21(24(28)29)22(20)25(30)31)26(17-6-4-5-7-17)15-16-10-12-19(13-11-16)32-18-8-2-1-3-9-18/h1-3,8-13,17,20-22H,4-7,14-15H2,(H,28,29)(H,30,31). The molecule has 2 aliphatic carbocycles. The summed E-state index contributed by atoms with van der Waals surface area (Å²) >= 11 is 0. The zero-order chi connectivity index (χ0) is 22.7. The zero-order valence-electron chi connectivity index (χ0n) is 17.7.